The lowest BCUT2D eigenvalue weighted by Crippen LogP contribution is -2.34. The number of sulfonamides is 1. The topological polar surface area (TPSA) is 82.9 Å². The molecule has 1 aromatic heterocycles. The van der Waals surface area contributed by atoms with E-state index in [-0.39, 0.29) is 17.4 Å². The van der Waals surface area contributed by atoms with Gasteiger partial charge in [0.05, 0.1) is 24.7 Å². The lowest BCUT2D eigenvalue weighted by Gasteiger charge is -2.25. The van der Waals surface area contributed by atoms with Gasteiger partial charge in [0.25, 0.3) is 0 Å². The molecule has 0 atom stereocenters. The maximum absolute atomic E-state index is 13.9. The van der Waals surface area contributed by atoms with E-state index in [1.165, 1.54) is 4.31 Å². The van der Waals surface area contributed by atoms with E-state index in [0.29, 0.717) is 40.9 Å². The van der Waals surface area contributed by atoms with Gasteiger partial charge in [-0.05, 0) is 42.3 Å². The molecule has 0 saturated heterocycles. The second-order valence-corrected chi connectivity index (χ2v) is 11.2. The first kappa shape index (κ1) is 27.2. The number of aromatic nitrogens is 2. The Kier molecular flexibility index (Phi) is 8.38. The molecule has 0 aliphatic rings. The van der Waals surface area contributed by atoms with Crippen molar-refractivity contribution < 1.29 is 22.6 Å². The molecule has 8 nitrogen and oxygen atoms in total. The van der Waals surface area contributed by atoms with E-state index in [1.807, 2.05) is 62.4 Å². The molecule has 3 aromatic carbocycles. The fourth-order valence-corrected chi connectivity index (χ4v) is 5.76. The number of aryl methyl sites for hydroxylation is 1. The number of hydrogen-bond acceptors (Lipinski definition) is 6. The third-order valence-corrected chi connectivity index (χ3v) is 7.84. The van der Waals surface area contributed by atoms with Gasteiger partial charge in [0, 0.05) is 25.7 Å². The first-order valence-corrected chi connectivity index (χ1v) is 13.7. The highest BCUT2D eigenvalue weighted by atomic mass is 32.2. The highest BCUT2D eigenvalue weighted by molar-refractivity contribution is 7.89. The quantitative estimate of drug-likeness (QED) is 0.243. The summed E-state index contributed by atoms with van der Waals surface area (Å²) in [5.41, 5.74) is 2.17. The minimum absolute atomic E-state index is 0.0646. The van der Waals surface area contributed by atoms with Crippen LogP contribution in [0.15, 0.2) is 83.8 Å². The van der Waals surface area contributed by atoms with Crippen LogP contribution in [0.4, 0.5) is 0 Å². The predicted molar refractivity (Wildman–Crippen MR) is 147 cm³/mol. The molecule has 4 aromatic rings. The zero-order chi connectivity index (χ0) is 27.3. The fraction of sp³-hybridized carbons (Fsp3) is 0.276. The SMILES string of the molecule is COc1ccc(S(=O)(=O)N(Cc2c(-c3ccccc3)nn(C)c2Oc2ccccc2OC)CC(C)C)cc1. The Morgan fingerprint density at radius 3 is 2.11 bits per heavy atom. The van der Waals surface area contributed by atoms with Crippen LogP contribution in [0.2, 0.25) is 0 Å². The molecule has 0 unspecified atom stereocenters. The number of nitrogens with zero attached hydrogens (tertiary/aromatic N) is 3. The molecular weight excluding hydrogens is 502 g/mol. The molecule has 0 N–H and O–H groups in total. The zero-order valence-electron chi connectivity index (χ0n) is 22.3. The summed E-state index contributed by atoms with van der Waals surface area (Å²) >= 11 is 0. The fourth-order valence-electron chi connectivity index (χ4n) is 4.19. The first-order chi connectivity index (χ1) is 18.2. The Morgan fingerprint density at radius 2 is 1.50 bits per heavy atom. The molecule has 38 heavy (non-hydrogen) atoms. The van der Waals surface area contributed by atoms with Crippen molar-refractivity contribution in [3.63, 3.8) is 0 Å². The molecule has 1 heterocycles. The highest BCUT2D eigenvalue weighted by Gasteiger charge is 2.30. The maximum Gasteiger partial charge on any atom is 0.243 e. The molecule has 9 heteroatoms. The second-order valence-electron chi connectivity index (χ2n) is 9.24. The number of rotatable bonds is 11. The van der Waals surface area contributed by atoms with Gasteiger partial charge in [-0.15, -0.1) is 0 Å². The first-order valence-electron chi connectivity index (χ1n) is 12.3. The second kappa shape index (κ2) is 11.7. The van der Waals surface area contributed by atoms with E-state index in [1.54, 1.807) is 56.3 Å². The van der Waals surface area contributed by atoms with E-state index < -0.39 is 10.0 Å². The number of benzene rings is 3. The van der Waals surface area contributed by atoms with Crippen LogP contribution in [0.1, 0.15) is 19.4 Å². The molecule has 0 radical (unpaired) electrons. The van der Waals surface area contributed by atoms with Gasteiger partial charge < -0.3 is 14.2 Å². The zero-order valence-corrected chi connectivity index (χ0v) is 23.1. The molecular formula is C29H33N3O5S. The number of hydrogen-bond donors (Lipinski definition) is 0. The van der Waals surface area contributed by atoms with Gasteiger partial charge in [-0.25, -0.2) is 13.1 Å². The van der Waals surface area contributed by atoms with Crippen molar-refractivity contribution in [3.05, 3.63) is 84.4 Å². The third kappa shape index (κ3) is 5.84. The highest BCUT2D eigenvalue weighted by Crippen LogP contribution is 2.38. The molecule has 0 amide bonds. The molecule has 0 aliphatic heterocycles. The average molecular weight is 536 g/mol. The van der Waals surface area contributed by atoms with Crippen LogP contribution >= 0.6 is 0 Å². The summed E-state index contributed by atoms with van der Waals surface area (Å²) in [5.74, 6) is 2.18. The number of ether oxygens (including phenoxy) is 3. The van der Waals surface area contributed by atoms with Crippen molar-refractivity contribution in [2.45, 2.75) is 25.3 Å². The van der Waals surface area contributed by atoms with Gasteiger partial charge >= 0.3 is 0 Å². The Bertz CT molecular complexity index is 1470. The summed E-state index contributed by atoms with van der Waals surface area (Å²) in [6.45, 7) is 4.36. The Balaban J connectivity index is 1.83. The molecule has 4 rings (SSSR count). The maximum atomic E-state index is 13.9. The van der Waals surface area contributed by atoms with Crippen LogP contribution < -0.4 is 14.2 Å². The van der Waals surface area contributed by atoms with Crippen LogP contribution in [-0.4, -0.2) is 43.3 Å². The van der Waals surface area contributed by atoms with Crippen molar-refractivity contribution in [2.75, 3.05) is 20.8 Å². The molecule has 0 bridgehead atoms. The van der Waals surface area contributed by atoms with Gasteiger partial charge in [-0.3, -0.25) is 0 Å². The van der Waals surface area contributed by atoms with E-state index in [2.05, 4.69) is 0 Å². The minimum atomic E-state index is -3.85. The van der Waals surface area contributed by atoms with Gasteiger partial charge in [0.1, 0.15) is 11.4 Å². The third-order valence-electron chi connectivity index (χ3n) is 6.01. The summed E-state index contributed by atoms with van der Waals surface area (Å²) in [6.07, 6.45) is 0. The Morgan fingerprint density at radius 1 is 0.868 bits per heavy atom. The molecule has 0 saturated carbocycles. The van der Waals surface area contributed by atoms with E-state index in [9.17, 15) is 8.42 Å². The standard InChI is InChI=1S/C29H33N3O5S/c1-21(2)19-32(38(33,34)24-17-15-23(35-4)16-18-24)20-25-28(22-11-7-6-8-12-22)30-31(3)29(25)37-27-14-10-9-13-26(27)36-5/h6-18,21H,19-20H2,1-5H3. The van der Waals surface area contributed by atoms with E-state index >= 15 is 0 Å². The molecule has 0 fully saturated rings. The van der Waals surface area contributed by atoms with E-state index in [4.69, 9.17) is 19.3 Å². The van der Waals surface area contributed by atoms with Gasteiger partial charge in [0.15, 0.2) is 11.5 Å². The van der Waals surface area contributed by atoms with Crippen LogP contribution in [-0.2, 0) is 23.6 Å². The summed E-state index contributed by atoms with van der Waals surface area (Å²) in [5, 5.41) is 4.76. The molecule has 0 spiro atoms. The van der Waals surface area contributed by atoms with Crippen LogP contribution in [0.3, 0.4) is 0 Å². The molecule has 200 valence electrons. The number of methoxy groups -OCH3 is 2. The largest absolute Gasteiger partial charge is 0.497 e. The minimum Gasteiger partial charge on any atom is -0.497 e. The average Bonchev–Trinajstić information content (AvgIpc) is 3.23. The smallest absolute Gasteiger partial charge is 0.243 e. The van der Waals surface area contributed by atoms with Crippen LogP contribution in [0.5, 0.6) is 23.1 Å². The summed E-state index contributed by atoms with van der Waals surface area (Å²) in [4.78, 5) is 0.191. The summed E-state index contributed by atoms with van der Waals surface area (Å²) in [6, 6.07) is 23.4. The summed E-state index contributed by atoms with van der Waals surface area (Å²) in [7, 11) is 1.06. The van der Waals surface area contributed by atoms with Gasteiger partial charge in [-0.1, -0.05) is 56.3 Å². The Labute approximate surface area is 224 Å². The van der Waals surface area contributed by atoms with E-state index in [0.717, 1.165) is 5.56 Å². The van der Waals surface area contributed by atoms with Crippen molar-refractivity contribution in [3.8, 4) is 34.4 Å². The lowest BCUT2D eigenvalue weighted by atomic mass is 10.1. The lowest BCUT2D eigenvalue weighted by molar-refractivity contribution is 0.344. The van der Waals surface area contributed by atoms with Crippen molar-refractivity contribution in [1.82, 2.24) is 14.1 Å². The van der Waals surface area contributed by atoms with Gasteiger partial charge in [-0.2, -0.15) is 9.40 Å². The monoisotopic (exact) mass is 535 g/mol. The normalized spacial score (nSPS) is 11.7. The molecule has 0 aliphatic carbocycles. The van der Waals surface area contributed by atoms with Gasteiger partial charge in [0.2, 0.25) is 15.9 Å². The summed E-state index contributed by atoms with van der Waals surface area (Å²) < 4.78 is 48.0. The van der Waals surface area contributed by atoms with Crippen molar-refractivity contribution >= 4 is 10.0 Å². The van der Waals surface area contributed by atoms with Crippen molar-refractivity contribution in [2.24, 2.45) is 13.0 Å². The van der Waals surface area contributed by atoms with Crippen molar-refractivity contribution in [1.29, 1.82) is 0 Å². The van der Waals surface area contributed by atoms with Crippen LogP contribution in [0, 0.1) is 5.92 Å². The number of para-hydroxylation sites is 2. The van der Waals surface area contributed by atoms with Crippen LogP contribution in [0.25, 0.3) is 11.3 Å². The predicted octanol–water partition coefficient (Wildman–Crippen LogP) is 5.74. The Hall–Kier alpha value is -3.82.